The molecule has 0 aromatic rings. The largest absolute Gasteiger partial charge is 0.381 e. The topological polar surface area (TPSA) is 74.5 Å². The van der Waals surface area contributed by atoms with Crippen molar-refractivity contribution < 1.29 is 9.53 Å². The fourth-order valence-corrected chi connectivity index (χ4v) is 4.80. The fraction of sp³-hybridized carbons (Fsp3) is 0.864. The molecule has 1 saturated heterocycles. The molecule has 0 aromatic carbocycles. The Hall–Kier alpha value is -1.41. The van der Waals surface area contributed by atoms with Crippen LogP contribution in [0.3, 0.4) is 0 Å². The highest BCUT2D eigenvalue weighted by Gasteiger charge is 2.37. The van der Waals surface area contributed by atoms with Gasteiger partial charge in [0.2, 0.25) is 5.91 Å². The molecule has 2 aliphatic carbocycles. The van der Waals surface area contributed by atoms with Gasteiger partial charge in [0.1, 0.15) is 11.6 Å². The molecule has 3 rings (SSSR count). The maximum atomic E-state index is 13.1. The summed E-state index contributed by atoms with van der Waals surface area (Å²) in [5, 5.41) is 12.7. The van der Waals surface area contributed by atoms with E-state index in [-0.39, 0.29) is 11.9 Å². The first-order chi connectivity index (χ1) is 13.2. The third-order valence-electron chi connectivity index (χ3n) is 6.61. The van der Waals surface area contributed by atoms with Crippen molar-refractivity contribution in [3.05, 3.63) is 0 Å². The van der Waals surface area contributed by atoms with Gasteiger partial charge in [-0.15, -0.1) is 0 Å². The number of rotatable bonds is 6. The lowest BCUT2D eigenvalue weighted by atomic mass is 9.91. The van der Waals surface area contributed by atoms with Gasteiger partial charge in [-0.3, -0.25) is 9.79 Å². The van der Waals surface area contributed by atoms with E-state index in [9.17, 15) is 10.1 Å². The predicted octanol–water partition coefficient (Wildman–Crippen LogP) is 4.17. The standard InChI is InChI=1S/C22H35N3O2/c23-17-22(11-5-6-12-22)25-21(26)20(15-18-7-3-1-2-4-8-18)24-16-19-9-13-27-14-10-19/h16,18-20H,1-15H2,(H,25,26). The molecule has 0 radical (unpaired) electrons. The van der Waals surface area contributed by atoms with Crippen LogP contribution in [-0.4, -0.2) is 36.9 Å². The van der Waals surface area contributed by atoms with Gasteiger partial charge in [-0.1, -0.05) is 38.5 Å². The van der Waals surface area contributed by atoms with Gasteiger partial charge in [0, 0.05) is 19.4 Å². The first kappa shape index (κ1) is 20.3. The molecule has 1 N–H and O–H groups in total. The average Bonchev–Trinajstić information content (AvgIpc) is 3.01. The molecule has 0 aromatic heterocycles. The molecule has 1 heterocycles. The highest BCUT2D eigenvalue weighted by Crippen LogP contribution is 2.31. The highest BCUT2D eigenvalue weighted by atomic mass is 16.5. The summed E-state index contributed by atoms with van der Waals surface area (Å²) in [6.07, 6.45) is 16.0. The number of carbonyl (C=O) groups is 1. The zero-order valence-corrected chi connectivity index (χ0v) is 16.6. The quantitative estimate of drug-likeness (QED) is 0.561. The Morgan fingerprint density at radius 1 is 1.11 bits per heavy atom. The fourth-order valence-electron chi connectivity index (χ4n) is 4.80. The molecular formula is C22H35N3O2. The number of hydrogen-bond donors (Lipinski definition) is 1. The van der Waals surface area contributed by atoms with Gasteiger partial charge in [0.15, 0.2) is 0 Å². The number of aliphatic imine (C=N–C) groups is 1. The van der Waals surface area contributed by atoms with Crippen LogP contribution in [0.15, 0.2) is 4.99 Å². The lowest BCUT2D eigenvalue weighted by molar-refractivity contribution is -0.124. The molecule has 150 valence electrons. The molecule has 5 nitrogen and oxygen atoms in total. The number of amides is 1. The van der Waals surface area contributed by atoms with Crippen LogP contribution < -0.4 is 5.32 Å². The second-order valence-corrected chi connectivity index (χ2v) is 8.75. The minimum absolute atomic E-state index is 0.0361. The van der Waals surface area contributed by atoms with E-state index < -0.39 is 5.54 Å². The van der Waals surface area contributed by atoms with Gasteiger partial charge in [-0.25, -0.2) is 0 Å². The highest BCUT2D eigenvalue weighted by molar-refractivity contribution is 5.84. The molecule has 1 atom stereocenters. The van der Waals surface area contributed by atoms with E-state index in [2.05, 4.69) is 11.4 Å². The minimum Gasteiger partial charge on any atom is -0.381 e. The van der Waals surface area contributed by atoms with Crippen LogP contribution >= 0.6 is 0 Å². The lowest BCUT2D eigenvalue weighted by Crippen LogP contribution is -2.49. The molecule has 5 heteroatoms. The van der Waals surface area contributed by atoms with Crippen molar-refractivity contribution in [1.29, 1.82) is 5.26 Å². The smallest absolute Gasteiger partial charge is 0.246 e. The van der Waals surface area contributed by atoms with Gasteiger partial charge in [0.05, 0.1) is 6.07 Å². The summed E-state index contributed by atoms with van der Waals surface area (Å²) in [7, 11) is 0. The Balaban J connectivity index is 1.66. The lowest BCUT2D eigenvalue weighted by Gasteiger charge is -2.26. The molecule has 2 saturated carbocycles. The van der Waals surface area contributed by atoms with Gasteiger partial charge >= 0.3 is 0 Å². The van der Waals surface area contributed by atoms with Crippen molar-refractivity contribution in [2.24, 2.45) is 16.8 Å². The maximum absolute atomic E-state index is 13.1. The van der Waals surface area contributed by atoms with E-state index in [1.54, 1.807) is 0 Å². The van der Waals surface area contributed by atoms with Crippen molar-refractivity contribution in [1.82, 2.24) is 5.32 Å². The molecule has 1 unspecified atom stereocenters. The van der Waals surface area contributed by atoms with Gasteiger partial charge in [-0.2, -0.15) is 5.26 Å². The van der Waals surface area contributed by atoms with Crippen LogP contribution in [0.1, 0.15) is 83.5 Å². The summed E-state index contributed by atoms with van der Waals surface area (Å²) < 4.78 is 5.43. The van der Waals surface area contributed by atoms with Crippen LogP contribution in [0.4, 0.5) is 0 Å². The van der Waals surface area contributed by atoms with Crippen LogP contribution in [0.5, 0.6) is 0 Å². The molecule has 0 spiro atoms. The minimum atomic E-state index is -0.660. The van der Waals surface area contributed by atoms with Crippen molar-refractivity contribution in [3.8, 4) is 6.07 Å². The molecular weight excluding hydrogens is 338 g/mol. The summed E-state index contributed by atoms with van der Waals surface area (Å²) in [6, 6.07) is 2.04. The third-order valence-corrected chi connectivity index (χ3v) is 6.61. The third kappa shape index (κ3) is 6.04. The second kappa shape index (κ2) is 10.2. The van der Waals surface area contributed by atoms with Crippen molar-refractivity contribution in [2.45, 2.75) is 95.1 Å². The maximum Gasteiger partial charge on any atom is 0.246 e. The normalized spacial score (nSPS) is 25.7. The number of nitriles is 1. The molecule has 0 bridgehead atoms. The Labute approximate surface area is 163 Å². The van der Waals surface area contributed by atoms with E-state index in [1.807, 2.05) is 6.21 Å². The van der Waals surface area contributed by atoms with Crippen molar-refractivity contribution in [3.63, 3.8) is 0 Å². The number of carbonyl (C=O) groups excluding carboxylic acids is 1. The number of nitrogens with one attached hydrogen (secondary N) is 1. The van der Waals surface area contributed by atoms with E-state index in [0.717, 1.165) is 58.2 Å². The zero-order chi connectivity index (χ0) is 19.0. The Kier molecular flexibility index (Phi) is 7.70. The Morgan fingerprint density at radius 2 is 1.78 bits per heavy atom. The molecule has 1 amide bonds. The summed E-state index contributed by atoms with van der Waals surface area (Å²) in [4.78, 5) is 17.9. The second-order valence-electron chi connectivity index (χ2n) is 8.75. The zero-order valence-electron chi connectivity index (χ0n) is 16.6. The van der Waals surface area contributed by atoms with E-state index >= 15 is 0 Å². The number of nitrogens with zero attached hydrogens (tertiary/aromatic N) is 2. The predicted molar refractivity (Wildman–Crippen MR) is 107 cm³/mol. The summed E-state index contributed by atoms with van der Waals surface area (Å²) in [5.41, 5.74) is -0.660. The van der Waals surface area contributed by atoms with Crippen molar-refractivity contribution >= 4 is 12.1 Å². The van der Waals surface area contributed by atoms with Crippen molar-refractivity contribution in [2.75, 3.05) is 13.2 Å². The number of ether oxygens (including phenoxy) is 1. The average molecular weight is 374 g/mol. The van der Waals surface area contributed by atoms with Crippen LogP contribution in [0.25, 0.3) is 0 Å². The first-order valence-corrected chi connectivity index (χ1v) is 11.1. The summed E-state index contributed by atoms with van der Waals surface area (Å²) in [6.45, 7) is 1.57. The van der Waals surface area contributed by atoms with Gasteiger partial charge in [-0.05, 0) is 56.8 Å². The molecule has 3 aliphatic rings. The van der Waals surface area contributed by atoms with Gasteiger partial charge < -0.3 is 10.1 Å². The van der Waals surface area contributed by atoms with E-state index in [4.69, 9.17) is 9.73 Å². The first-order valence-electron chi connectivity index (χ1n) is 11.1. The number of hydrogen-bond acceptors (Lipinski definition) is 4. The van der Waals surface area contributed by atoms with Crippen LogP contribution in [0, 0.1) is 23.2 Å². The van der Waals surface area contributed by atoms with E-state index in [1.165, 1.54) is 38.5 Å². The Morgan fingerprint density at radius 3 is 2.41 bits per heavy atom. The molecule has 27 heavy (non-hydrogen) atoms. The van der Waals surface area contributed by atoms with E-state index in [0.29, 0.717) is 11.8 Å². The summed E-state index contributed by atoms with van der Waals surface area (Å²) in [5.74, 6) is 0.960. The van der Waals surface area contributed by atoms with Crippen LogP contribution in [-0.2, 0) is 9.53 Å². The summed E-state index contributed by atoms with van der Waals surface area (Å²) >= 11 is 0. The Bertz CT molecular complexity index is 534. The monoisotopic (exact) mass is 373 g/mol. The molecule has 3 fully saturated rings. The van der Waals surface area contributed by atoms with Gasteiger partial charge in [0.25, 0.3) is 0 Å². The SMILES string of the molecule is N#CC1(NC(=O)C(CC2CCCCCC2)N=CC2CCOCC2)CCCC1. The van der Waals surface area contributed by atoms with Crippen LogP contribution in [0.2, 0.25) is 0 Å². The molecule has 1 aliphatic heterocycles.